The number of hydrogen-bond donors (Lipinski definition) is 1. The Bertz CT molecular complexity index is 1260. The van der Waals surface area contributed by atoms with Crippen LogP contribution in [-0.4, -0.2) is 46.3 Å². The second-order valence-electron chi connectivity index (χ2n) is 12.1. The SMILES string of the molecule is CC1CCC(OS(C)(C)C(C)(C)C)C1.COc1ccc(N(Cc2cnc(Nc3ccccc3)nc2C)C(C)=O)cc1. The van der Waals surface area contributed by atoms with Crippen molar-refractivity contribution in [2.24, 2.45) is 5.92 Å². The molecule has 0 bridgehead atoms. The summed E-state index contributed by atoms with van der Waals surface area (Å²) in [5, 5.41) is 3.18. The molecule has 1 fully saturated rings. The lowest BCUT2D eigenvalue weighted by molar-refractivity contribution is -0.116. The lowest BCUT2D eigenvalue weighted by Crippen LogP contribution is -2.28. The van der Waals surface area contributed by atoms with Crippen LogP contribution in [0.5, 0.6) is 5.75 Å². The molecule has 0 aliphatic heterocycles. The molecule has 3 aromatic rings. The van der Waals surface area contributed by atoms with E-state index in [2.05, 4.69) is 55.5 Å². The standard InChI is InChI=1S/C21H22N4O2.C12H26OS/c1-15-17(13-22-21(23-15)24-18-7-5-4-6-8-18)14-25(16(2)26)19-9-11-20(27-3)12-10-19;1-10-7-8-11(9-10)13-14(5,6)12(2,3)4/h4-13H,14H2,1-3H3,(H,22,23,24);10-11H,7-9H2,1-6H3. The molecule has 2 unspecified atom stereocenters. The Balaban J connectivity index is 0.000000278. The Morgan fingerprint density at radius 1 is 1.07 bits per heavy atom. The van der Waals surface area contributed by atoms with E-state index in [1.807, 2.05) is 61.5 Å². The first-order chi connectivity index (χ1) is 19.3. The third-order valence-corrected chi connectivity index (χ3v) is 11.4. The number of amides is 1. The van der Waals surface area contributed by atoms with Crippen molar-refractivity contribution in [3.63, 3.8) is 0 Å². The Labute approximate surface area is 248 Å². The summed E-state index contributed by atoms with van der Waals surface area (Å²) in [5.74, 6) is 2.10. The van der Waals surface area contributed by atoms with E-state index in [1.54, 1.807) is 25.1 Å². The number of aromatic nitrogens is 2. The van der Waals surface area contributed by atoms with Crippen LogP contribution >= 0.6 is 10.3 Å². The number of carbonyl (C=O) groups is 1. The molecule has 1 N–H and O–H groups in total. The molecule has 0 saturated heterocycles. The normalized spacial score (nSPS) is 17.3. The number of para-hydroxylation sites is 1. The molecular formula is C33H48N4O3S. The highest BCUT2D eigenvalue weighted by molar-refractivity contribution is 8.29. The molecule has 0 spiro atoms. The van der Waals surface area contributed by atoms with Gasteiger partial charge in [0.25, 0.3) is 0 Å². The lowest BCUT2D eigenvalue weighted by Gasteiger charge is -2.45. The Morgan fingerprint density at radius 3 is 2.24 bits per heavy atom. The molecule has 7 nitrogen and oxygen atoms in total. The van der Waals surface area contributed by atoms with Gasteiger partial charge in [-0.3, -0.25) is 4.79 Å². The number of hydrogen-bond acceptors (Lipinski definition) is 6. The number of nitrogens with one attached hydrogen (secondary N) is 1. The smallest absolute Gasteiger partial charge is 0.227 e. The van der Waals surface area contributed by atoms with Gasteiger partial charge in [-0.05, 0) is 81.0 Å². The van der Waals surface area contributed by atoms with E-state index < -0.39 is 10.3 Å². The van der Waals surface area contributed by atoms with Gasteiger partial charge >= 0.3 is 0 Å². The number of benzene rings is 2. The quantitative estimate of drug-likeness (QED) is 0.290. The van der Waals surface area contributed by atoms with Crippen LogP contribution in [0.2, 0.25) is 0 Å². The predicted molar refractivity (Wildman–Crippen MR) is 173 cm³/mol. The molecule has 8 heteroatoms. The van der Waals surface area contributed by atoms with Crippen molar-refractivity contribution in [3.05, 3.63) is 72.1 Å². The van der Waals surface area contributed by atoms with E-state index in [-0.39, 0.29) is 5.91 Å². The minimum atomic E-state index is -0.905. The van der Waals surface area contributed by atoms with Crippen molar-refractivity contribution < 1.29 is 13.7 Å². The second kappa shape index (κ2) is 14.2. The maximum absolute atomic E-state index is 12.2. The third-order valence-electron chi connectivity index (χ3n) is 7.70. The zero-order valence-electron chi connectivity index (χ0n) is 26.2. The maximum atomic E-state index is 12.2. The van der Waals surface area contributed by atoms with Gasteiger partial charge in [0.05, 0.1) is 19.8 Å². The van der Waals surface area contributed by atoms with Crippen LogP contribution < -0.4 is 15.0 Å². The largest absolute Gasteiger partial charge is 0.497 e. The molecule has 2 aromatic carbocycles. The first kappa shape index (κ1) is 32.4. The molecule has 1 aliphatic carbocycles. The lowest BCUT2D eigenvalue weighted by atomic mass is 10.1. The Morgan fingerprint density at radius 2 is 1.73 bits per heavy atom. The summed E-state index contributed by atoms with van der Waals surface area (Å²) in [7, 11) is 0.710. The number of ether oxygens (including phenoxy) is 1. The van der Waals surface area contributed by atoms with Crippen molar-refractivity contribution in [2.75, 3.05) is 29.8 Å². The van der Waals surface area contributed by atoms with Gasteiger partial charge in [0.15, 0.2) is 0 Å². The average Bonchev–Trinajstić information content (AvgIpc) is 3.32. The van der Waals surface area contributed by atoms with Gasteiger partial charge in [-0.15, -0.1) is 10.3 Å². The van der Waals surface area contributed by atoms with Gasteiger partial charge in [-0.2, -0.15) is 0 Å². The predicted octanol–water partition coefficient (Wildman–Crippen LogP) is 8.06. The molecule has 1 aliphatic rings. The van der Waals surface area contributed by atoms with E-state index in [0.717, 1.165) is 34.3 Å². The first-order valence-electron chi connectivity index (χ1n) is 14.3. The Hall–Kier alpha value is -3.10. The van der Waals surface area contributed by atoms with Gasteiger partial charge in [0.2, 0.25) is 11.9 Å². The van der Waals surface area contributed by atoms with Crippen LogP contribution in [0.1, 0.15) is 65.1 Å². The summed E-state index contributed by atoms with van der Waals surface area (Å²) in [5.41, 5.74) is 3.44. The van der Waals surface area contributed by atoms with Crippen molar-refractivity contribution >= 4 is 33.5 Å². The molecule has 1 saturated carbocycles. The molecule has 0 radical (unpaired) electrons. The van der Waals surface area contributed by atoms with Crippen LogP contribution in [0.3, 0.4) is 0 Å². The highest BCUT2D eigenvalue weighted by Gasteiger charge is 2.33. The third kappa shape index (κ3) is 9.47. The summed E-state index contributed by atoms with van der Waals surface area (Å²) in [6.07, 6.45) is 10.8. The van der Waals surface area contributed by atoms with Gasteiger partial charge in [0, 0.05) is 40.5 Å². The van der Waals surface area contributed by atoms with E-state index in [4.69, 9.17) is 8.92 Å². The fourth-order valence-electron chi connectivity index (χ4n) is 4.40. The summed E-state index contributed by atoms with van der Waals surface area (Å²) in [6.45, 7) is 13.1. The zero-order chi connectivity index (χ0) is 30.2. The van der Waals surface area contributed by atoms with Crippen LogP contribution in [-0.2, 0) is 15.5 Å². The van der Waals surface area contributed by atoms with Crippen molar-refractivity contribution in [3.8, 4) is 5.75 Å². The molecule has 1 aromatic heterocycles. The second-order valence-corrected chi connectivity index (χ2v) is 16.0. The van der Waals surface area contributed by atoms with E-state index in [1.165, 1.54) is 19.3 Å². The van der Waals surface area contributed by atoms with Crippen molar-refractivity contribution in [2.45, 2.75) is 78.2 Å². The van der Waals surface area contributed by atoms with Gasteiger partial charge in [-0.25, -0.2) is 9.97 Å². The highest BCUT2D eigenvalue weighted by atomic mass is 32.3. The van der Waals surface area contributed by atoms with Crippen molar-refractivity contribution in [1.29, 1.82) is 0 Å². The Kier molecular flexibility index (Phi) is 11.2. The highest BCUT2D eigenvalue weighted by Crippen LogP contribution is 2.56. The van der Waals surface area contributed by atoms with Gasteiger partial charge < -0.3 is 19.1 Å². The summed E-state index contributed by atoms with van der Waals surface area (Å²) in [6, 6.07) is 17.1. The maximum Gasteiger partial charge on any atom is 0.227 e. The van der Waals surface area contributed by atoms with Gasteiger partial charge in [0.1, 0.15) is 5.75 Å². The number of nitrogens with zero attached hydrogens (tertiary/aromatic N) is 3. The molecule has 1 amide bonds. The fraction of sp³-hybridized carbons (Fsp3) is 0.485. The summed E-state index contributed by atoms with van der Waals surface area (Å²) >= 11 is 0. The number of carbonyl (C=O) groups excluding carboxylic acids is 1. The molecule has 1 heterocycles. The first-order valence-corrected chi connectivity index (χ1v) is 16.6. The number of rotatable bonds is 8. The van der Waals surface area contributed by atoms with Crippen LogP contribution in [0.25, 0.3) is 0 Å². The van der Waals surface area contributed by atoms with Gasteiger partial charge in [-0.1, -0.05) is 45.9 Å². The number of anilines is 3. The molecule has 4 rings (SSSR count). The van der Waals surface area contributed by atoms with E-state index >= 15 is 0 Å². The number of methoxy groups -OCH3 is 1. The molecule has 41 heavy (non-hydrogen) atoms. The monoisotopic (exact) mass is 580 g/mol. The topological polar surface area (TPSA) is 76.6 Å². The summed E-state index contributed by atoms with van der Waals surface area (Å²) in [4.78, 5) is 22.8. The van der Waals surface area contributed by atoms with E-state index in [0.29, 0.717) is 23.3 Å². The van der Waals surface area contributed by atoms with Crippen LogP contribution in [0, 0.1) is 12.8 Å². The molecular weight excluding hydrogens is 532 g/mol. The van der Waals surface area contributed by atoms with E-state index in [9.17, 15) is 4.79 Å². The van der Waals surface area contributed by atoms with Crippen LogP contribution in [0.15, 0.2) is 60.8 Å². The minimum absolute atomic E-state index is 0.0500. The van der Waals surface area contributed by atoms with Crippen LogP contribution in [0.4, 0.5) is 17.3 Å². The summed E-state index contributed by atoms with van der Waals surface area (Å²) < 4.78 is 11.8. The number of aryl methyl sites for hydroxylation is 1. The molecule has 224 valence electrons. The zero-order valence-corrected chi connectivity index (χ0v) is 27.0. The average molecular weight is 581 g/mol. The minimum Gasteiger partial charge on any atom is -0.497 e. The van der Waals surface area contributed by atoms with Crippen molar-refractivity contribution in [1.82, 2.24) is 9.97 Å². The fourth-order valence-corrected chi connectivity index (χ4v) is 5.55. The molecule has 2 atom stereocenters.